The van der Waals surface area contributed by atoms with Gasteiger partial charge in [-0.05, 0) is 37.5 Å². The molecule has 1 aliphatic carbocycles. The molecule has 0 unspecified atom stereocenters. The van der Waals surface area contributed by atoms with Crippen LogP contribution in [0.1, 0.15) is 31.7 Å². The fourth-order valence-corrected chi connectivity index (χ4v) is 2.47. The lowest BCUT2D eigenvalue weighted by atomic mass is 9.90. The second-order valence-corrected chi connectivity index (χ2v) is 5.13. The molecule has 1 saturated carbocycles. The van der Waals surface area contributed by atoms with Crippen LogP contribution >= 0.6 is 0 Å². The average Bonchev–Trinajstić information content (AvgIpc) is 2.34. The van der Waals surface area contributed by atoms with Crippen molar-refractivity contribution in [3.63, 3.8) is 0 Å². The number of hydrogen-bond acceptors (Lipinski definition) is 4. The van der Waals surface area contributed by atoms with E-state index in [4.69, 9.17) is 4.74 Å². The Labute approximate surface area is 114 Å². The minimum atomic E-state index is -0.252. The molecule has 1 aromatic rings. The highest BCUT2D eigenvalue weighted by molar-refractivity contribution is 5.75. The summed E-state index contributed by atoms with van der Waals surface area (Å²) in [6.07, 6.45) is 3.47. The van der Waals surface area contributed by atoms with Crippen LogP contribution in [0, 0.1) is 0 Å². The molecule has 0 heterocycles. The summed E-state index contributed by atoms with van der Waals surface area (Å²) >= 11 is 0. The molecule has 1 fully saturated rings. The minimum absolute atomic E-state index is 0.202. The van der Waals surface area contributed by atoms with E-state index in [1.807, 2.05) is 19.1 Å². The van der Waals surface area contributed by atoms with Crippen molar-refractivity contribution in [2.24, 2.45) is 0 Å². The maximum absolute atomic E-state index is 11.7. The van der Waals surface area contributed by atoms with Gasteiger partial charge in [-0.3, -0.25) is 9.69 Å². The van der Waals surface area contributed by atoms with Crippen molar-refractivity contribution in [3.05, 3.63) is 29.8 Å². The highest BCUT2D eigenvalue weighted by atomic mass is 16.5. The molecular weight excluding hydrogens is 242 g/mol. The van der Waals surface area contributed by atoms with Gasteiger partial charge >= 0.3 is 5.97 Å². The third-order valence-corrected chi connectivity index (χ3v) is 3.86. The van der Waals surface area contributed by atoms with Crippen LogP contribution in [0.4, 0.5) is 0 Å². The summed E-state index contributed by atoms with van der Waals surface area (Å²) in [5.41, 5.74) is 1.02. The van der Waals surface area contributed by atoms with E-state index >= 15 is 0 Å². The zero-order valence-corrected chi connectivity index (χ0v) is 11.5. The Morgan fingerprint density at radius 3 is 2.79 bits per heavy atom. The number of phenolic OH excluding ortho intramolecular Hbond substituents is 1. The Morgan fingerprint density at radius 2 is 2.26 bits per heavy atom. The second-order valence-electron chi connectivity index (χ2n) is 5.13. The number of carbonyl (C=O) groups is 1. The highest BCUT2D eigenvalue weighted by Gasteiger charge is 2.32. The van der Waals surface area contributed by atoms with Crippen LogP contribution < -0.4 is 0 Å². The van der Waals surface area contributed by atoms with Crippen molar-refractivity contribution in [2.45, 2.75) is 44.8 Å². The van der Waals surface area contributed by atoms with Crippen LogP contribution in [-0.4, -0.2) is 35.2 Å². The molecule has 4 heteroatoms. The first-order valence-electron chi connectivity index (χ1n) is 6.73. The number of phenols is 1. The molecule has 0 aromatic heterocycles. The summed E-state index contributed by atoms with van der Waals surface area (Å²) in [6.45, 7) is 2.54. The number of esters is 1. The topological polar surface area (TPSA) is 49.8 Å². The van der Waals surface area contributed by atoms with Crippen LogP contribution in [0.3, 0.4) is 0 Å². The first kappa shape index (κ1) is 13.9. The number of hydrogen-bond donors (Lipinski definition) is 1. The molecule has 0 spiro atoms. The Kier molecular flexibility index (Phi) is 4.43. The average molecular weight is 263 g/mol. The van der Waals surface area contributed by atoms with Gasteiger partial charge < -0.3 is 9.84 Å². The number of ether oxygens (including phenoxy) is 1. The normalized spacial score (nSPS) is 17.0. The van der Waals surface area contributed by atoms with Gasteiger partial charge in [-0.1, -0.05) is 18.6 Å². The quantitative estimate of drug-likeness (QED) is 0.828. The smallest absolute Gasteiger partial charge is 0.322 e. The number of nitrogens with zero attached hydrogens (tertiary/aromatic N) is 1. The van der Waals surface area contributed by atoms with Crippen LogP contribution in [0.25, 0.3) is 0 Å². The second kappa shape index (κ2) is 6.06. The molecule has 0 bridgehead atoms. The van der Waals surface area contributed by atoms with Gasteiger partial charge in [0.15, 0.2) is 0 Å². The van der Waals surface area contributed by atoms with Gasteiger partial charge in [-0.2, -0.15) is 0 Å². The molecule has 2 rings (SSSR count). The Bertz CT molecular complexity index is 443. The summed E-state index contributed by atoms with van der Waals surface area (Å²) in [5.74, 6) is 0.0591. The molecule has 1 aliphatic rings. The maximum atomic E-state index is 11.7. The third-order valence-electron chi connectivity index (χ3n) is 3.86. The molecule has 1 atom stereocenters. The van der Waals surface area contributed by atoms with E-state index in [-0.39, 0.29) is 17.8 Å². The van der Waals surface area contributed by atoms with Crippen molar-refractivity contribution in [3.8, 4) is 5.75 Å². The maximum Gasteiger partial charge on any atom is 0.322 e. The van der Waals surface area contributed by atoms with E-state index in [9.17, 15) is 9.90 Å². The lowest BCUT2D eigenvalue weighted by molar-refractivity contribution is -0.148. The predicted molar refractivity (Wildman–Crippen MR) is 72.8 cm³/mol. The van der Waals surface area contributed by atoms with Crippen molar-refractivity contribution in [1.82, 2.24) is 4.90 Å². The lowest BCUT2D eigenvalue weighted by Crippen LogP contribution is -2.48. The van der Waals surface area contributed by atoms with Gasteiger partial charge in [0.05, 0.1) is 7.11 Å². The van der Waals surface area contributed by atoms with E-state index in [0.29, 0.717) is 12.6 Å². The summed E-state index contributed by atoms with van der Waals surface area (Å²) in [4.78, 5) is 13.9. The predicted octanol–water partition coefficient (Wildman–Crippen LogP) is 2.31. The van der Waals surface area contributed by atoms with Gasteiger partial charge in [0, 0.05) is 12.6 Å². The largest absolute Gasteiger partial charge is 0.508 e. The first-order valence-corrected chi connectivity index (χ1v) is 6.73. The summed E-state index contributed by atoms with van der Waals surface area (Å²) < 4.78 is 4.84. The summed E-state index contributed by atoms with van der Waals surface area (Å²) in [6, 6.07) is 7.38. The molecule has 1 N–H and O–H groups in total. The zero-order chi connectivity index (χ0) is 13.8. The van der Waals surface area contributed by atoms with Crippen LogP contribution in [0.2, 0.25) is 0 Å². The number of carbonyl (C=O) groups excluding carboxylic acids is 1. The zero-order valence-electron chi connectivity index (χ0n) is 11.5. The fraction of sp³-hybridized carbons (Fsp3) is 0.533. The lowest BCUT2D eigenvalue weighted by Gasteiger charge is -2.40. The van der Waals surface area contributed by atoms with Crippen molar-refractivity contribution >= 4 is 5.97 Å². The molecule has 0 aliphatic heterocycles. The van der Waals surface area contributed by atoms with Crippen molar-refractivity contribution < 1.29 is 14.6 Å². The molecule has 19 heavy (non-hydrogen) atoms. The van der Waals surface area contributed by atoms with Crippen LogP contribution in [-0.2, 0) is 16.1 Å². The molecular formula is C15H21NO3. The number of rotatable bonds is 5. The molecule has 104 valence electrons. The SMILES string of the molecule is COC(=O)[C@H](C)N(Cc1cccc(O)c1)C1CCC1. The highest BCUT2D eigenvalue weighted by Crippen LogP contribution is 2.28. The van der Waals surface area contributed by atoms with Gasteiger partial charge in [0.1, 0.15) is 11.8 Å². The van der Waals surface area contributed by atoms with Crippen LogP contribution in [0.15, 0.2) is 24.3 Å². The third kappa shape index (κ3) is 3.26. The molecule has 0 amide bonds. The first-order chi connectivity index (χ1) is 9.11. The van der Waals surface area contributed by atoms with Gasteiger partial charge in [0.2, 0.25) is 0 Å². The summed E-state index contributed by atoms with van der Waals surface area (Å²) in [5, 5.41) is 9.52. The van der Waals surface area contributed by atoms with E-state index < -0.39 is 0 Å². The molecule has 4 nitrogen and oxygen atoms in total. The van der Waals surface area contributed by atoms with Gasteiger partial charge in [-0.25, -0.2) is 0 Å². The van der Waals surface area contributed by atoms with E-state index in [1.54, 1.807) is 12.1 Å². The Morgan fingerprint density at radius 1 is 1.53 bits per heavy atom. The molecule has 0 radical (unpaired) electrons. The number of benzene rings is 1. The Hall–Kier alpha value is -1.55. The number of aromatic hydroxyl groups is 1. The van der Waals surface area contributed by atoms with E-state index in [0.717, 1.165) is 18.4 Å². The van der Waals surface area contributed by atoms with Crippen molar-refractivity contribution in [2.75, 3.05) is 7.11 Å². The Balaban J connectivity index is 2.11. The van der Waals surface area contributed by atoms with Gasteiger partial charge in [-0.15, -0.1) is 0 Å². The van der Waals surface area contributed by atoms with Crippen molar-refractivity contribution in [1.29, 1.82) is 0 Å². The van der Waals surface area contributed by atoms with Gasteiger partial charge in [0.25, 0.3) is 0 Å². The number of methoxy groups -OCH3 is 1. The van der Waals surface area contributed by atoms with Crippen LogP contribution in [0.5, 0.6) is 5.75 Å². The molecule has 1 aromatic carbocycles. The monoisotopic (exact) mass is 263 g/mol. The van der Waals surface area contributed by atoms with E-state index in [2.05, 4.69) is 4.90 Å². The fourth-order valence-electron chi connectivity index (χ4n) is 2.47. The van der Waals surface area contributed by atoms with E-state index in [1.165, 1.54) is 13.5 Å². The minimum Gasteiger partial charge on any atom is -0.508 e. The standard InChI is InChI=1S/C15H21NO3/c1-11(15(18)19-2)16(13-6-4-7-13)10-12-5-3-8-14(17)9-12/h3,5,8-9,11,13,17H,4,6-7,10H2,1-2H3/t11-/m0/s1. The summed E-state index contributed by atoms with van der Waals surface area (Å²) in [7, 11) is 1.42. The molecule has 0 saturated heterocycles.